The maximum atomic E-state index is 14.7. The zero-order chi connectivity index (χ0) is 20.7. The second-order valence-corrected chi connectivity index (χ2v) is 9.53. The Morgan fingerprint density at radius 3 is 2.57 bits per heavy atom. The van der Waals surface area contributed by atoms with Crippen LogP contribution in [0.1, 0.15) is 36.4 Å². The van der Waals surface area contributed by atoms with Crippen LogP contribution in [0, 0.1) is 17.7 Å². The quantitative estimate of drug-likeness (QED) is 0.763. The first-order valence-electron chi connectivity index (χ1n) is 11.5. The normalized spacial score (nSPS) is 27.7. The molecule has 1 aromatic carbocycles. The number of likely N-dealkylation sites (N-methyl/N-ethyl adjacent to an activating group) is 1. The molecule has 3 atom stereocenters. The van der Waals surface area contributed by atoms with E-state index in [0.29, 0.717) is 12.0 Å². The molecular formula is C25H33FN4. The molecule has 2 aliphatic heterocycles. The number of rotatable bonds is 4. The predicted molar refractivity (Wildman–Crippen MR) is 119 cm³/mol. The summed E-state index contributed by atoms with van der Waals surface area (Å²) in [6.07, 6.45) is 6.39. The van der Waals surface area contributed by atoms with Gasteiger partial charge in [-0.25, -0.2) is 9.37 Å². The highest BCUT2D eigenvalue weighted by Gasteiger charge is 2.44. The molecule has 160 valence electrons. The van der Waals surface area contributed by atoms with Crippen LogP contribution in [0.4, 0.5) is 10.2 Å². The Morgan fingerprint density at radius 2 is 1.83 bits per heavy atom. The number of benzene rings is 1. The van der Waals surface area contributed by atoms with Gasteiger partial charge in [-0.3, -0.25) is 4.90 Å². The van der Waals surface area contributed by atoms with Crippen molar-refractivity contribution in [1.29, 1.82) is 0 Å². The van der Waals surface area contributed by atoms with E-state index in [1.165, 1.54) is 18.4 Å². The molecule has 4 nitrogen and oxygen atoms in total. The molecule has 5 heteroatoms. The van der Waals surface area contributed by atoms with Crippen molar-refractivity contribution in [3.8, 4) is 0 Å². The summed E-state index contributed by atoms with van der Waals surface area (Å²) in [6.45, 7) is 4.31. The van der Waals surface area contributed by atoms with E-state index in [1.807, 2.05) is 18.3 Å². The molecule has 0 radical (unpaired) electrons. The minimum atomic E-state index is -0.0106. The molecule has 0 N–H and O–H groups in total. The molecule has 1 unspecified atom stereocenters. The smallest absolute Gasteiger partial charge is 0.128 e. The minimum Gasteiger partial charge on any atom is -0.357 e. The molecule has 0 amide bonds. The minimum absolute atomic E-state index is 0.0106. The van der Waals surface area contributed by atoms with Crippen molar-refractivity contribution in [2.45, 2.75) is 37.8 Å². The van der Waals surface area contributed by atoms with Gasteiger partial charge in [0.05, 0.1) is 0 Å². The molecule has 30 heavy (non-hydrogen) atoms. The monoisotopic (exact) mass is 408 g/mol. The second-order valence-electron chi connectivity index (χ2n) is 9.53. The van der Waals surface area contributed by atoms with Gasteiger partial charge in [0.25, 0.3) is 0 Å². The highest BCUT2D eigenvalue weighted by molar-refractivity contribution is 5.38. The van der Waals surface area contributed by atoms with Gasteiger partial charge in [0.2, 0.25) is 0 Å². The summed E-state index contributed by atoms with van der Waals surface area (Å²) in [5, 5.41) is 0. The summed E-state index contributed by atoms with van der Waals surface area (Å²) in [5.74, 6) is 2.47. The topological polar surface area (TPSA) is 22.6 Å². The largest absolute Gasteiger partial charge is 0.357 e. The van der Waals surface area contributed by atoms with E-state index >= 15 is 0 Å². The van der Waals surface area contributed by atoms with Gasteiger partial charge < -0.3 is 9.80 Å². The van der Waals surface area contributed by atoms with Crippen LogP contribution in [0.2, 0.25) is 0 Å². The first-order valence-corrected chi connectivity index (χ1v) is 11.5. The lowest BCUT2D eigenvalue weighted by Gasteiger charge is -2.38. The van der Waals surface area contributed by atoms with Gasteiger partial charge in [-0.05, 0) is 75.4 Å². The highest BCUT2D eigenvalue weighted by Crippen LogP contribution is 2.43. The molecule has 3 aliphatic rings. The molecule has 0 bridgehead atoms. The molecular weight excluding hydrogens is 375 g/mol. The Hall–Kier alpha value is -1.98. The third-order valence-electron chi connectivity index (χ3n) is 7.75. The Bertz CT molecular complexity index is 863. The number of aryl methyl sites for hydroxylation is 1. The van der Waals surface area contributed by atoms with Gasteiger partial charge >= 0.3 is 0 Å². The van der Waals surface area contributed by atoms with Crippen LogP contribution in [-0.2, 0) is 6.42 Å². The maximum absolute atomic E-state index is 14.7. The molecule has 2 fully saturated rings. The number of anilines is 1. The number of hydrogen-bond donors (Lipinski definition) is 0. The first kappa shape index (κ1) is 20.0. The summed E-state index contributed by atoms with van der Waals surface area (Å²) in [4.78, 5) is 12.0. The lowest BCUT2D eigenvalue weighted by molar-refractivity contribution is 0.178. The number of likely N-dealkylation sites (tertiary alicyclic amines) is 1. The Labute approximate surface area is 179 Å². The Balaban J connectivity index is 1.29. The number of aromatic nitrogens is 1. The SMILES string of the molecule is CN(C)[C@H]1CN(C2CCc3cccc(F)c32)C[C@@H]1C1CCN(c2ccccn2)CC1. The van der Waals surface area contributed by atoms with Gasteiger partial charge in [0.15, 0.2) is 0 Å². The average molecular weight is 409 g/mol. The van der Waals surface area contributed by atoms with Crippen molar-refractivity contribution in [1.82, 2.24) is 14.8 Å². The fourth-order valence-corrected chi connectivity index (χ4v) is 6.18. The molecule has 1 aliphatic carbocycles. The zero-order valence-corrected chi connectivity index (χ0v) is 18.2. The molecule has 3 heterocycles. The van der Waals surface area contributed by atoms with Crippen LogP contribution in [0.5, 0.6) is 0 Å². The molecule has 1 aromatic heterocycles. The number of piperidine rings is 1. The lowest BCUT2D eigenvalue weighted by atomic mass is 9.81. The van der Waals surface area contributed by atoms with Gasteiger partial charge in [-0.1, -0.05) is 18.2 Å². The molecule has 0 spiro atoms. The number of halogens is 1. The predicted octanol–water partition coefficient (Wildman–Crippen LogP) is 3.99. The van der Waals surface area contributed by atoms with Crippen molar-refractivity contribution in [3.63, 3.8) is 0 Å². The van der Waals surface area contributed by atoms with Gasteiger partial charge in [0.1, 0.15) is 11.6 Å². The summed E-state index contributed by atoms with van der Waals surface area (Å²) in [7, 11) is 4.43. The summed E-state index contributed by atoms with van der Waals surface area (Å²) in [6, 6.07) is 12.6. The van der Waals surface area contributed by atoms with E-state index in [1.54, 1.807) is 6.07 Å². The highest BCUT2D eigenvalue weighted by atomic mass is 19.1. The van der Waals surface area contributed by atoms with E-state index in [2.05, 4.69) is 52.0 Å². The molecule has 0 saturated carbocycles. The number of fused-ring (bicyclic) bond motifs is 1. The zero-order valence-electron chi connectivity index (χ0n) is 18.2. The summed E-state index contributed by atoms with van der Waals surface area (Å²) < 4.78 is 14.7. The summed E-state index contributed by atoms with van der Waals surface area (Å²) in [5.41, 5.74) is 2.19. The third-order valence-corrected chi connectivity index (χ3v) is 7.75. The third kappa shape index (κ3) is 3.63. The van der Waals surface area contributed by atoms with Crippen LogP contribution in [0.25, 0.3) is 0 Å². The van der Waals surface area contributed by atoms with E-state index in [4.69, 9.17) is 0 Å². The maximum Gasteiger partial charge on any atom is 0.128 e. The van der Waals surface area contributed by atoms with E-state index < -0.39 is 0 Å². The molecule has 2 aromatic rings. The Morgan fingerprint density at radius 1 is 1.00 bits per heavy atom. The standard InChI is InChI=1S/C25H33FN4/c1-28(2)23-17-30(22-10-9-19-6-5-7-21(26)25(19)22)16-20(23)18-11-14-29(15-12-18)24-8-3-4-13-27-24/h3-8,13,18,20,22-23H,9-12,14-17H2,1-2H3/t20-,22?,23+/m1/s1. The molecule has 5 rings (SSSR count). The van der Waals surface area contributed by atoms with Gasteiger partial charge in [0, 0.05) is 50.0 Å². The molecule has 2 saturated heterocycles. The fraction of sp³-hybridized carbons (Fsp3) is 0.560. The lowest BCUT2D eigenvalue weighted by Crippen LogP contribution is -2.43. The van der Waals surface area contributed by atoms with E-state index in [-0.39, 0.29) is 11.9 Å². The van der Waals surface area contributed by atoms with Gasteiger partial charge in [-0.2, -0.15) is 0 Å². The summed E-state index contributed by atoms with van der Waals surface area (Å²) >= 11 is 0. The van der Waals surface area contributed by atoms with Crippen LogP contribution in [0.15, 0.2) is 42.6 Å². The Kier molecular flexibility index (Phi) is 5.50. The van der Waals surface area contributed by atoms with Crippen LogP contribution < -0.4 is 4.90 Å². The first-order chi connectivity index (χ1) is 14.6. The van der Waals surface area contributed by atoms with Crippen molar-refractivity contribution in [3.05, 3.63) is 59.5 Å². The van der Waals surface area contributed by atoms with E-state index in [9.17, 15) is 4.39 Å². The van der Waals surface area contributed by atoms with Crippen molar-refractivity contribution in [2.24, 2.45) is 11.8 Å². The fourth-order valence-electron chi connectivity index (χ4n) is 6.18. The average Bonchev–Trinajstić information content (AvgIpc) is 3.40. The van der Waals surface area contributed by atoms with Crippen LogP contribution in [0.3, 0.4) is 0 Å². The van der Waals surface area contributed by atoms with Gasteiger partial charge in [-0.15, -0.1) is 0 Å². The van der Waals surface area contributed by atoms with E-state index in [0.717, 1.165) is 56.3 Å². The number of pyridine rings is 1. The number of hydrogen-bond acceptors (Lipinski definition) is 4. The van der Waals surface area contributed by atoms with Crippen molar-refractivity contribution >= 4 is 5.82 Å². The second kappa shape index (κ2) is 8.27. The number of nitrogens with zero attached hydrogens (tertiary/aromatic N) is 4. The van der Waals surface area contributed by atoms with Crippen molar-refractivity contribution < 1.29 is 4.39 Å². The van der Waals surface area contributed by atoms with Crippen LogP contribution >= 0.6 is 0 Å². The van der Waals surface area contributed by atoms with Crippen LogP contribution in [-0.4, -0.2) is 61.1 Å². The van der Waals surface area contributed by atoms with Crippen molar-refractivity contribution in [2.75, 3.05) is 45.2 Å².